The van der Waals surface area contributed by atoms with Crippen molar-refractivity contribution in [3.8, 4) is 0 Å². The second-order valence-corrected chi connectivity index (χ2v) is 2.76. The largest absolute Gasteiger partial charge is 0.258 e. The van der Waals surface area contributed by atoms with Gasteiger partial charge in [-0.2, -0.15) is 10.2 Å². The Balaban J connectivity index is 2.65. The second-order valence-electron chi connectivity index (χ2n) is 2.76. The van der Waals surface area contributed by atoms with Gasteiger partial charge in [0, 0.05) is 10.8 Å². The molecule has 0 bridgehead atoms. The van der Waals surface area contributed by atoms with E-state index in [1.54, 1.807) is 12.4 Å². The molecule has 3 rings (SSSR count). The molecule has 0 saturated carbocycles. The van der Waals surface area contributed by atoms with Crippen LogP contribution in [0, 0.1) is 0 Å². The first kappa shape index (κ1) is 6.47. The molecule has 0 unspecified atom stereocenters. The van der Waals surface area contributed by atoms with Crippen LogP contribution in [0.5, 0.6) is 0 Å². The topological polar surface area (TPSA) is 67.3 Å². The Kier molecular flexibility index (Phi) is 1.11. The summed E-state index contributed by atoms with van der Waals surface area (Å²) in [7, 11) is 0. The number of hydrogen-bond donors (Lipinski definition) is 1. The van der Waals surface area contributed by atoms with Crippen molar-refractivity contribution in [3.63, 3.8) is 0 Å². The lowest BCUT2D eigenvalue weighted by molar-refractivity contribution is 0.897. The van der Waals surface area contributed by atoms with Crippen LogP contribution in [-0.4, -0.2) is 25.6 Å². The molecule has 2 aromatic heterocycles. The molecule has 0 atom stereocenters. The molecule has 0 amide bonds. The lowest BCUT2D eigenvalue weighted by Gasteiger charge is -1.95. The molecular weight excluding hydrogens is 166 g/mol. The molecule has 5 nitrogen and oxygen atoms in total. The fourth-order valence-electron chi connectivity index (χ4n) is 1.39. The van der Waals surface area contributed by atoms with Crippen LogP contribution in [0.1, 0.15) is 0 Å². The molecule has 0 aliphatic carbocycles. The number of H-pyrrole nitrogens is 1. The molecule has 0 fully saturated rings. The van der Waals surface area contributed by atoms with Gasteiger partial charge in [0.05, 0.1) is 23.4 Å². The van der Waals surface area contributed by atoms with E-state index in [2.05, 4.69) is 25.6 Å². The molecule has 0 aliphatic heterocycles. The first-order chi connectivity index (χ1) is 6.45. The smallest absolute Gasteiger partial charge is 0.0967 e. The molecule has 0 spiro atoms. The number of hydrogen-bond acceptors (Lipinski definition) is 4. The van der Waals surface area contributed by atoms with E-state index >= 15 is 0 Å². The normalized spacial score (nSPS) is 11.1. The third-order valence-corrected chi connectivity index (χ3v) is 2.02. The molecule has 2 heterocycles. The van der Waals surface area contributed by atoms with E-state index in [0.29, 0.717) is 0 Å². The van der Waals surface area contributed by atoms with E-state index in [1.165, 1.54) is 0 Å². The predicted octanol–water partition coefficient (Wildman–Crippen LogP) is 0.901. The van der Waals surface area contributed by atoms with Crippen LogP contribution in [-0.2, 0) is 0 Å². The van der Waals surface area contributed by atoms with Gasteiger partial charge in [-0.05, 0) is 12.1 Å². The standard InChI is InChI=1S/C8H5N5/c1-2-7-6(4-9-11-7)8-5(1)3-10-13-12-8/h1-4H,(H,10,12). The molecule has 0 aliphatic rings. The van der Waals surface area contributed by atoms with Crippen LogP contribution >= 0.6 is 0 Å². The molecule has 62 valence electrons. The van der Waals surface area contributed by atoms with Crippen molar-refractivity contribution in [1.82, 2.24) is 25.6 Å². The Bertz CT molecular complexity index is 571. The van der Waals surface area contributed by atoms with Gasteiger partial charge in [0.2, 0.25) is 0 Å². The van der Waals surface area contributed by atoms with Gasteiger partial charge < -0.3 is 0 Å². The van der Waals surface area contributed by atoms with Gasteiger partial charge in [0.15, 0.2) is 0 Å². The molecule has 3 aromatic rings. The highest BCUT2D eigenvalue weighted by atomic mass is 15.3. The number of aromatic nitrogens is 5. The van der Waals surface area contributed by atoms with E-state index in [9.17, 15) is 0 Å². The van der Waals surface area contributed by atoms with Crippen LogP contribution in [0.25, 0.3) is 21.8 Å². The van der Waals surface area contributed by atoms with Crippen molar-refractivity contribution in [2.24, 2.45) is 0 Å². The molecular formula is C8H5N5. The van der Waals surface area contributed by atoms with E-state index in [4.69, 9.17) is 0 Å². The molecule has 0 radical (unpaired) electrons. The summed E-state index contributed by atoms with van der Waals surface area (Å²) in [5, 5.41) is 20.1. The average molecular weight is 171 g/mol. The quantitative estimate of drug-likeness (QED) is 0.545. The average Bonchev–Trinajstić information content (AvgIpc) is 2.65. The maximum atomic E-state index is 3.95. The minimum atomic E-state index is 0.872. The van der Waals surface area contributed by atoms with E-state index < -0.39 is 0 Å². The van der Waals surface area contributed by atoms with Crippen LogP contribution in [0.3, 0.4) is 0 Å². The Morgan fingerprint density at radius 3 is 3.08 bits per heavy atom. The summed E-state index contributed by atoms with van der Waals surface area (Å²) < 4.78 is 0. The number of rotatable bonds is 0. The lowest BCUT2D eigenvalue weighted by Crippen LogP contribution is -1.86. The van der Waals surface area contributed by atoms with E-state index in [0.717, 1.165) is 21.8 Å². The maximum absolute atomic E-state index is 3.95. The number of nitrogens with zero attached hydrogens (tertiary/aromatic N) is 4. The molecule has 1 aromatic carbocycles. The van der Waals surface area contributed by atoms with Gasteiger partial charge in [-0.25, -0.2) is 0 Å². The summed E-state index contributed by atoms with van der Waals surface area (Å²) in [6.45, 7) is 0. The number of fused-ring (bicyclic) bond motifs is 3. The summed E-state index contributed by atoms with van der Waals surface area (Å²) in [6, 6.07) is 3.86. The highest BCUT2D eigenvalue weighted by Crippen LogP contribution is 2.19. The summed E-state index contributed by atoms with van der Waals surface area (Å²) in [5.41, 5.74) is 1.80. The second kappa shape index (κ2) is 2.22. The van der Waals surface area contributed by atoms with Gasteiger partial charge in [0.25, 0.3) is 0 Å². The Hall–Kier alpha value is -2.04. The fraction of sp³-hybridized carbons (Fsp3) is 0. The summed E-state index contributed by atoms with van der Waals surface area (Å²) in [4.78, 5) is 0. The zero-order chi connectivity index (χ0) is 8.67. The van der Waals surface area contributed by atoms with Gasteiger partial charge in [-0.15, -0.1) is 5.10 Å². The molecule has 5 heteroatoms. The monoisotopic (exact) mass is 171 g/mol. The predicted molar refractivity (Wildman–Crippen MR) is 47.0 cm³/mol. The Morgan fingerprint density at radius 2 is 2.08 bits per heavy atom. The third kappa shape index (κ3) is 0.807. The highest BCUT2D eigenvalue weighted by molar-refractivity contribution is 6.02. The zero-order valence-electron chi connectivity index (χ0n) is 6.60. The molecule has 1 N–H and O–H groups in total. The first-order valence-electron chi connectivity index (χ1n) is 3.85. The zero-order valence-corrected chi connectivity index (χ0v) is 6.60. The first-order valence-corrected chi connectivity index (χ1v) is 3.85. The van der Waals surface area contributed by atoms with Crippen molar-refractivity contribution in [2.45, 2.75) is 0 Å². The summed E-state index contributed by atoms with van der Waals surface area (Å²) >= 11 is 0. The van der Waals surface area contributed by atoms with Crippen LogP contribution < -0.4 is 0 Å². The van der Waals surface area contributed by atoms with Crippen molar-refractivity contribution >= 4 is 21.8 Å². The third-order valence-electron chi connectivity index (χ3n) is 2.02. The number of nitrogens with one attached hydrogen (secondary N) is 1. The van der Waals surface area contributed by atoms with Crippen LogP contribution in [0.2, 0.25) is 0 Å². The number of aromatic amines is 1. The number of benzene rings is 1. The lowest BCUT2D eigenvalue weighted by atomic mass is 10.2. The highest BCUT2D eigenvalue weighted by Gasteiger charge is 2.02. The Morgan fingerprint density at radius 1 is 1.08 bits per heavy atom. The minimum Gasteiger partial charge on any atom is -0.258 e. The van der Waals surface area contributed by atoms with Crippen LogP contribution in [0.4, 0.5) is 0 Å². The Labute approximate surface area is 72.8 Å². The van der Waals surface area contributed by atoms with Crippen molar-refractivity contribution in [3.05, 3.63) is 24.5 Å². The van der Waals surface area contributed by atoms with Gasteiger partial charge in [-0.3, -0.25) is 5.10 Å². The summed E-state index contributed by atoms with van der Waals surface area (Å²) in [5.74, 6) is 0. The van der Waals surface area contributed by atoms with Gasteiger partial charge in [0.1, 0.15) is 0 Å². The SMILES string of the molecule is c1cc2nncc2c2[nH]nncc12. The van der Waals surface area contributed by atoms with Crippen molar-refractivity contribution in [1.29, 1.82) is 0 Å². The molecule has 13 heavy (non-hydrogen) atoms. The van der Waals surface area contributed by atoms with E-state index in [1.807, 2.05) is 12.1 Å². The van der Waals surface area contributed by atoms with Crippen molar-refractivity contribution in [2.75, 3.05) is 0 Å². The van der Waals surface area contributed by atoms with Gasteiger partial charge >= 0.3 is 0 Å². The van der Waals surface area contributed by atoms with Crippen LogP contribution in [0.15, 0.2) is 24.5 Å². The van der Waals surface area contributed by atoms with Crippen molar-refractivity contribution < 1.29 is 0 Å². The van der Waals surface area contributed by atoms with Gasteiger partial charge in [-0.1, -0.05) is 5.21 Å². The van der Waals surface area contributed by atoms with E-state index in [-0.39, 0.29) is 0 Å². The molecule has 0 saturated heterocycles. The maximum Gasteiger partial charge on any atom is 0.0967 e. The minimum absolute atomic E-state index is 0.872. The fourth-order valence-corrected chi connectivity index (χ4v) is 1.39. The summed E-state index contributed by atoms with van der Waals surface area (Å²) in [6.07, 6.45) is 3.42.